The highest BCUT2D eigenvalue weighted by Crippen LogP contribution is 2.28. The van der Waals surface area contributed by atoms with Gasteiger partial charge in [0.05, 0.1) is 0 Å². The number of thiophene rings is 1. The molecule has 0 spiro atoms. The maximum atomic E-state index is 5.74. The number of hydrogen-bond donors (Lipinski definition) is 0. The molecule has 0 saturated carbocycles. The Labute approximate surface area is 105 Å². The molecule has 0 amide bonds. The smallest absolute Gasteiger partial charge is 0.137 e. The van der Waals surface area contributed by atoms with Crippen LogP contribution in [0.15, 0.2) is 23.7 Å². The van der Waals surface area contributed by atoms with E-state index < -0.39 is 0 Å². The Morgan fingerprint density at radius 3 is 3.06 bits per heavy atom. The largest absolute Gasteiger partial charge is 0.356 e. The number of anilines is 1. The average molecular weight is 255 g/mol. The summed E-state index contributed by atoms with van der Waals surface area (Å²) in [6.45, 7) is 4.10. The monoisotopic (exact) mass is 254 g/mol. The highest BCUT2D eigenvalue weighted by Gasteiger charge is 2.09. The zero-order valence-corrected chi connectivity index (χ0v) is 10.9. The summed E-state index contributed by atoms with van der Waals surface area (Å²) in [5.41, 5.74) is 0. The SMILES string of the molecule is CCN(CCCCl)c1nccc2sccc12. The highest BCUT2D eigenvalue weighted by atomic mass is 35.5. The lowest BCUT2D eigenvalue weighted by Gasteiger charge is -2.22. The van der Waals surface area contributed by atoms with Crippen LogP contribution in [0.1, 0.15) is 13.3 Å². The summed E-state index contributed by atoms with van der Waals surface area (Å²) in [5, 5.41) is 3.37. The predicted molar refractivity (Wildman–Crippen MR) is 72.8 cm³/mol. The van der Waals surface area contributed by atoms with Gasteiger partial charge in [0.2, 0.25) is 0 Å². The molecule has 4 heteroatoms. The van der Waals surface area contributed by atoms with Crippen molar-refractivity contribution in [1.82, 2.24) is 4.98 Å². The van der Waals surface area contributed by atoms with Crippen molar-refractivity contribution < 1.29 is 0 Å². The lowest BCUT2D eigenvalue weighted by atomic mass is 10.3. The van der Waals surface area contributed by atoms with Gasteiger partial charge in [0.25, 0.3) is 0 Å². The number of hydrogen-bond acceptors (Lipinski definition) is 3. The van der Waals surface area contributed by atoms with Crippen LogP contribution < -0.4 is 4.90 Å². The van der Waals surface area contributed by atoms with Crippen LogP contribution in [0, 0.1) is 0 Å². The fraction of sp³-hybridized carbons (Fsp3) is 0.417. The van der Waals surface area contributed by atoms with Gasteiger partial charge < -0.3 is 4.90 Å². The highest BCUT2D eigenvalue weighted by molar-refractivity contribution is 7.17. The number of fused-ring (bicyclic) bond motifs is 1. The third kappa shape index (κ3) is 2.30. The molecule has 0 aliphatic heterocycles. The third-order valence-electron chi connectivity index (χ3n) is 2.60. The van der Waals surface area contributed by atoms with Gasteiger partial charge in [0.15, 0.2) is 0 Å². The number of aromatic nitrogens is 1. The van der Waals surface area contributed by atoms with Crippen molar-refractivity contribution >= 4 is 38.8 Å². The van der Waals surface area contributed by atoms with E-state index in [1.165, 1.54) is 10.1 Å². The first kappa shape index (κ1) is 11.7. The minimum atomic E-state index is 0.704. The molecule has 0 saturated heterocycles. The van der Waals surface area contributed by atoms with Crippen LogP contribution in [0.4, 0.5) is 5.82 Å². The molecule has 0 aliphatic rings. The topological polar surface area (TPSA) is 16.1 Å². The van der Waals surface area contributed by atoms with Crippen molar-refractivity contribution in [3.05, 3.63) is 23.7 Å². The Bertz CT molecular complexity index is 455. The molecule has 86 valence electrons. The molecule has 2 heterocycles. The molecule has 0 unspecified atom stereocenters. The maximum Gasteiger partial charge on any atom is 0.137 e. The Kier molecular flexibility index (Phi) is 4.02. The van der Waals surface area contributed by atoms with Crippen molar-refractivity contribution in [2.45, 2.75) is 13.3 Å². The van der Waals surface area contributed by atoms with Gasteiger partial charge in [-0.05, 0) is 30.9 Å². The van der Waals surface area contributed by atoms with E-state index in [1.54, 1.807) is 11.3 Å². The molecule has 2 nitrogen and oxygen atoms in total. The molecule has 2 aromatic heterocycles. The molecular weight excluding hydrogens is 240 g/mol. The second-order valence-electron chi connectivity index (χ2n) is 3.59. The van der Waals surface area contributed by atoms with E-state index in [0.717, 1.165) is 25.3 Å². The van der Waals surface area contributed by atoms with E-state index in [1.807, 2.05) is 6.20 Å². The number of halogens is 1. The lowest BCUT2D eigenvalue weighted by Crippen LogP contribution is -2.25. The molecule has 2 aromatic rings. The van der Waals surface area contributed by atoms with Gasteiger partial charge in [-0.2, -0.15) is 0 Å². The fourth-order valence-corrected chi connectivity index (χ4v) is 2.69. The first-order valence-corrected chi connectivity index (χ1v) is 6.91. The van der Waals surface area contributed by atoms with Crippen molar-refractivity contribution in [3.63, 3.8) is 0 Å². The summed E-state index contributed by atoms with van der Waals surface area (Å²) in [4.78, 5) is 6.78. The molecule has 0 aliphatic carbocycles. The first-order valence-electron chi connectivity index (χ1n) is 5.50. The minimum Gasteiger partial charge on any atom is -0.356 e. The molecule has 0 fully saturated rings. The van der Waals surface area contributed by atoms with Gasteiger partial charge in [-0.3, -0.25) is 0 Å². The van der Waals surface area contributed by atoms with Crippen LogP contribution in [-0.4, -0.2) is 24.0 Å². The Hall–Kier alpha value is -0.800. The van der Waals surface area contributed by atoms with Crippen molar-refractivity contribution in [1.29, 1.82) is 0 Å². The van der Waals surface area contributed by atoms with E-state index in [0.29, 0.717) is 5.88 Å². The Morgan fingerprint density at radius 1 is 1.44 bits per heavy atom. The fourth-order valence-electron chi connectivity index (χ4n) is 1.80. The van der Waals surface area contributed by atoms with Gasteiger partial charge in [-0.15, -0.1) is 22.9 Å². The summed E-state index contributed by atoms with van der Waals surface area (Å²) >= 11 is 7.50. The normalized spacial score (nSPS) is 10.9. The van der Waals surface area contributed by atoms with Gasteiger partial charge in [0, 0.05) is 35.3 Å². The van der Waals surface area contributed by atoms with Gasteiger partial charge in [-0.25, -0.2) is 4.98 Å². The Morgan fingerprint density at radius 2 is 2.31 bits per heavy atom. The molecule has 0 N–H and O–H groups in total. The number of nitrogens with zero attached hydrogens (tertiary/aromatic N) is 2. The van der Waals surface area contributed by atoms with Crippen LogP contribution in [-0.2, 0) is 0 Å². The molecular formula is C12H15ClN2S. The quantitative estimate of drug-likeness (QED) is 0.756. The summed E-state index contributed by atoms with van der Waals surface area (Å²) in [6.07, 6.45) is 2.88. The summed E-state index contributed by atoms with van der Waals surface area (Å²) in [7, 11) is 0. The molecule has 16 heavy (non-hydrogen) atoms. The summed E-state index contributed by atoms with van der Waals surface area (Å²) in [5.74, 6) is 1.79. The molecule has 0 atom stereocenters. The van der Waals surface area contributed by atoms with Crippen LogP contribution >= 0.6 is 22.9 Å². The zero-order chi connectivity index (χ0) is 11.4. The van der Waals surface area contributed by atoms with E-state index in [4.69, 9.17) is 11.6 Å². The van der Waals surface area contributed by atoms with Gasteiger partial charge >= 0.3 is 0 Å². The van der Waals surface area contributed by atoms with E-state index >= 15 is 0 Å². The van der Waals surface area contributed by atoms with E-state index in [-0.39, 0.29) is 0 Å². The van der Waals surface area contributed by atoms with Gasteiger partial charge in [0.1, 0.15) is 5.82 Å². The molecule has 2 rings (SSSR count). The number of alkyl halides is 1. The minimum absolute atomic E-state index is 0.704. The Balaban J connectivity index is 2.32. The number of pyridine rings is 1. The van der Waals surface area contributed by atoms with E-state index in [9.17, 15) is 0 Å². The lowest BCUT2D eigenvalue weighted by molar-refractivity contribution is 0.785. The van der Waals surface area contributed by atoms with Crippen LogP contribution in [0.5, 0.6) is 0 Å². The molecule has 0 radical (unpaired) electrons. The number of rotatable bonds is 5. The van der Waals surface area contributed by atoms with Crippen molar-refractivity contribution in [2.75, 3.05) is 23.9 Å². The van der Waals surface area contributed by atoms with Crippen LogP contribution in [0.2, 0.25) is 0 Å². The van der Waals surface area contributed by atoms with Crippen molar-refractivity contribution in [2.24, 2.45) is 0 Å². The third-order valence-corrected chi connectivity index (χ3v) is 3.75. The zero-order valence-electron chi connectivity index (χ0n) is 9.32. The maximum absolute atomic E-state index is 5.74. The second-order valence-corrected chi connectivity index (χ2v) is 4.91. The van der Waals surface area contributed by atoms with Crippen LogP contribution in [0.3, 0.4) is 0 Å². The second kappa shape index (κ2) is 5.51. The molecule has 0 bridgehead atoms. The first-order chi connectivity index (χ1) is 7.86. The van der Waals surface area contributed by atoms with Crippen LogP contribution in [0.25, 0.3) is 10.1 Å². The van der Waals surface area contributed by atoms with Crippen molar-refractivity contribution in [3.8, 4) is 0 Å². The summed E-state index contributed by atoms with van der Waals surface area (Å²) in [6, 6.07) is 4.21. The average Bonchev–Trinajstić information content (AvgIpc) is 2.78. The van der Waals surface area contributed by atoms with Gasteiger partial charge in [-0.1, -0.05) is 0 Å². The van der Waals surface area contributed by atoms with E-state index in [2.05, 4.69) is 34.3 Å². The summed E-state index contributed by atoms with van der Waals surface area (Å²) < 4.78 is 1.30. The predicted octanol–water partition coefficient (Wildman–Crippen LogP) is 3.75. The molecule has 0 aromatic carbocycles. The standard InChI is InChI=1S/C12H15ClN2S/c1-2-15(8-3-6-13)12-10-5-9-16-11(10)4-7-14-12/h4-5,7,9H,2-3,6,8H2,1H3.